The largest absolute Gasteiger partial charge is 0.405 e. The SMILES string of the molecule is C/C=C/N.C=CCc1c(C#N)cn2ncnc(N)c12. The molecule has 0 aliphatic rings. The lowest BCUT2D eigenvalue weighted by Crippen LogP contribution is -1.99. The highest BCUT2D eigenvalue weighted by atomic mass is 15.2. The molecule has 0 aliphatic heterocycles. The van der Waals surface area contributed by atoms with E-state index in [1.807, 2.05) is 6.92 Å². The van der Waals surface area contributed by atoms with Gasteiger partial charge in [0, 0.05) is 11.8 Å². The van der Waals surface area contributed by atoms with E-state index in [1.54, 1.807) is 22.9 Å². The molecule has 0 aromatic carbocycles. The molecule has 6 nitrogen and oxygen atoms in total. The van der Waals surface area contributed by atoms with Crippen LogP contribution in [-0.2, 0) is 6.42 Å². The molecule has 6 heteroatoms. The number of rotatable bonds is 2. The molecule has 0 fully saturated rings. The maximum absolute atomic E-state index is 8.95. The van der Waals surface area contributed by atoms with Gasteiger partial charge in [-0.2, -0.15) is 10.4 Å². The van der Waals surface area contributed by atoms with Gasteiger partial charge in [0.05, 0.1) is 5.56 Å². The maximum Gasteiger partial charge on any atom is 0.151 e. The average Bonchev–Trinajstić information content (AvgIpc) is 2.79. The zero-order valence-electron chi connectivity index (χ0n) is 10.7. The fraction of sp³-hybridized carbons (Fsp3) is 0.154. The molecule has 98 valence electrons. The number of aromatic nitrogens is 3. The second kappa shape index (κ2) is 6.81. The van der Waals surface area contributed by atoms with E-state index in [0.29, 0.717) is 23.3 Å². The van der Waals surface area contributed by atoms with Gasteiger partial charge in [0.25, 0.3) is 0 Å². The molecule has 0 unspecified atom stereocenters. The number of anilines is 1. The Morgan fingerprint density at radius 2 is 2.26 bits per heavy atom. The Bertz CT molecular complexity index is 628. The Hall–Kier alpha value is -2.81. The van der Waals surface area contributed by atoms with Crippen molar-refractivity contribution in [3.8, 4) is 6.07 Å². The molecule has 0 saturated heterocycles. The lowest BCUT2D eigenvalue weighted by Gasteiger charge is -1.99. The van der Waals surface area contributed by atoms with Gasteiger partial charge < -0.3 is 11.5 Å². The summed E-state index contributed by atoms with van der Waals surface area (Å²) < 4.78 is 1.57. The van der Waals surface area contributed by atoms with Crippen LogP contribution >= 0.6 is 0 Å². The van der Waals surface area contributed by atoms with Gasteiger partial charge in [0.15, 0.2) is 5.82 Å². The maximum atomic E-state index is 8.95. The van der Waals surface area contributed by atoms with Gasteiger partial charge in [0.2, 0.25) is 0 Å². The second-order valence-corrected chi connectivity index (χ2v) is 3.59. The van der Waals surface area contributed by atoms with E-state index in [2.05, 4.69) is 22.7 Å². The summed E-state index contributed by atoms with van der Waals surface area (Å²) in [6, 6.07) is 2.11. The van der Waals surface area contributed by atoms with Crippen molar-refractivity contribution in [1.29, 1.82) is 5.26 Å². The quantitative estimate of drug-likeness (QED) is 0.790. The van der Waals surface area contributed by atoms with Crippen LogP contribution in [0, 0.1) is 11.3 Å². The minimum atomic E-state index is 0.378. The van der Waals surface area contributed by atoms with Crippen molar-refractivity contribution < 1.29 is 0 Å². The first-order chi connectivity index (χ1) is 9.19. The molecule has 0 atom stereocenters. The number of fused-ring (bicyclic) bond motifs is 1. The Morgan fingerprint density at radius 1 is 1.58 bits per heavy atom. The van der Waals surface area contributed by atoms with Crippen molar-refractivity contribution >= 4 is 11.3 Å². The van der Waals surface area contributed by atoms with Crippen molar-refractivity contribution in [2.24, 2.45) is 5.73 Å². The number of hydrogen-bond acceptors (Lipinski definition) is 5. The second-order valence-electron chi connectivity index (χ2n) is 3.59. The van der Waals surface area contributed by atoms with Gasteiger partial charge in [-0.1, -0.05) is 12.2 Å². The first kappa shape index (κ1) is 14.3. The molecule has 2 heterocycles. The summed E-state index contributed by atoms with van der Waals surface area (Å²) in [5, 5.41) is 12.9. The Morgan fingerprint density at radius 3 is 2.79 bits per heavy atom. The van der Waals surface area contributed by atoms with Crippen LogP contribution in [0.25, 0.3) is 5.52 Å². The van der Waals surface area contributed by atoms with E-state index >= 15 is 0 Å². The zero-order valence-corrected chi connectivity index (χ0v) is 10.7. The fourth-order valence-corrected chi connectivity index (χ4v) is 1.55. The molecule has 19 heavy (non-hydrogen) atoms. The highest BCUT2D eigenvalue weighted by Crippen LogP contribution is 2.21. The third kappa shape index (κ3) is 3.10. The molecule has 4 N–H and O–H groups in total. The highest BCUT2D eigenvalue weighted by molar-refractivity contribution is 5.73. The Balaban J connectivity index is 0.000000399. The van der Waals surface area contributed by atoms with Crippen molar-refractivity contribution in [2.45, 2.75) is 13.3 Å². The number of allylic oxidation sites excluding steroid dienone is 2. The minimum absolute atomic E-state index is 0.378. The summed E-state index contributed by atoms with van der Waals surface area (Å²) in [6.45, 7) is 5.52. The van der Waals surface area contributed by atoms with E-state index in [-0.39, 0.29) is 0 Å². The lowest BCUT2D eigenvalue weighted by atomic mass is 10.1. The van der Waals surface area contributed by atoms with Crippen molar-refractivity contribution in [1.82, 2.24) is 14.6 Å². The van der Waals surface area contributed by atoms with Gasteiger partial charge in [0.1, 0.15) is 17.9 Å². The molecule has 0 radical (unpaired) electrons. The molecule has 0 saturated carbocycles. The van der Waals surface area contributed by atoms with Crippen LogP contribution < -0.4 is 11.5 Å². The minimum Gasteiger partial charge on any atom is -0.405 e. The van der Waals surface area contributed by atoms with E-state index < -0.39 is 0 Å². The molecular formula is C13H16N6. The summed E-state index contributed by atoms with van der Waals surface area (Å²) in [7, 11) is 0. The third-order valence-electron chi connectivity index (χ3n) is 2.37. The molecule has 2 aromatic heterocycles. The topological polar surface area (TPSA) is 106 Å². The van der Waals surface area contributed by atoms with Gasteiger partial charge in [-0.25, -0.2) is 9.50 Å². The first-order valence-electron chi connectivity index (χ1n) is 5.64. The number of hydrogen-bond donors (Lipinski definition) is 2. The first-order valence-corrected chi connectivity index (χ1v) is 5.64. The number of nitrogen functional groups attached to an aromatic ring is 1. The van der Waals surface area contributed by atoms with Gasteiger partial charge in [-0.15, -0.1) is 6.58 Å². The lowest BCUT2D eigenvalue weighted by molar-refractivity contribution is 0.905. The van der Waals surface area contributed by atoms with Crippen molar-refractivity contribution in [3.05, 3.63) is 48.6 Å². The normalized spacial score (nSPS) is 9.89. The van der Waals surface area contributed by atoms with Crippen LogP contribution in [0.5, 0.6) is 0 Å². The Kier molecular flexibility index (Phi) is 5.11. The summed E-state index contributed by atoms with van der Waals surface area (Å²) in [4.78, 5) is 3.90. The van der Waals surface area contributed by atoms with E-state index in [1.165, 1.54) is 12.5 Å². The number of nitriles is 1. The molecule has 0 aliphatic carbocycles. The highest BCUT2D eigenvalue weighted by Gasteiger charge is 2.12. The number of nitrogens with two attached hydrogens (primary N) is 2. The van der Waals surface area contributed by atoms with E-state index in [4.69, 9.17) is 16.7 Å². The van der Waals surface area contributed by atoms with Crippen LogP contribution in [0.4, 0.5) is 5.82 Å². The van der Waals surface area contributed by atoms with Crippen molar-refractivity contribution in [2.75, 3.05) is 5.73 Å². The molecule has 2 aromatic rings. The third-order valence-corrected chi connectivity index (χ3v) is 2.37. The summed E-state index contributed by atoms with van der Waals surface area (Å²) in [5.41, 5.74) is 12.7. The van der Waals surface area contributed by atoms with Gasteiger partial charge in [-0.05, 0) is 19.5 Å². The zero-order chi connectivity index (χ0) is 14.3. The molecule has 2 rings (SSSR count). The van der Waals surface area contributed by atoms with Crippen LogP contribution in [0.3, 0.4) is 0 Å². The Labute approximate surface area is 111 Å². The summed E-state index contributed by atoms with van der Waals surface area (Å²) >= 11 is 0. The van der Waals surface area contributed by atoms with E-state index in [0.717, 1.165) is 5.56 Å². The van der Waals surface area contributed by atoms with E-state index in [9.17, 15) is 0 Å². The standard InChI is InChI=1S/C10H9N5.C3H7N/c1-2-3-8-7(4-11)5-15-9(8)10(12)13-6-14-15;1-2-3-4/h2,5-6H,1,3H2,(H2,12,13,14);2-3H,4H2,1H3/b;3-2+. The van der Waals surface area contributed by atoms with Crippen LogP contribution in [0.2, 0.25) is 0 Å². The van der Waals surface area contributed by atoms with Crippen LogP contribution in [0.15, 0.2) is 37.5 Å². The molecule has 0 bridgehead atoms. The van der Waals surface area contributed by atoms with Crippen LogP contribution in [0.1, 0.15) is 18.1 Å². The summed E-state index contributed by atoms with van der Waals surface area (Å²) in [6.07, 6.45) is 8.59. The summed E-state index contributed by atoms with van der Waals surface area (Å²) in [5.74, 6) is 0.378. The number of nitrogens with zero attached hydrogens (tertiary/aromatic N) is 4. The molecule has 0 amide bonds. The van der Waals surface area contributed by atoms with Gasteiger partial charge >= 0.3 is 0 Å². The fourth-order valence-electron chi connectivity index (χ4n) is 1.55. The predicted octanol–water partition coefficient (Wildman–Crippen LogP) is 1.39. The predicted molar refractivity (Wildman–Crippen MR) is 75.0 cm³/mol. The molecular weight excluding hydrogens is 240 g/mol. The average molecular weight is 256 g/mol. The monoisotopic (exact) mass is 256 g/mol. The van der Waals surface area contributed by atoms with Crippen molar-refractivity contribution in [3.63, 3.8) is 0 Å². The molecule has 0 spiro atoms. The smallest absolute Gasteiger partial charge is 0.151 e. The van der Waals surface area contributed by atoms with Gasteiger partial charge in [-0.3, -0.25) is 0 Å². The van der Waals surface area contributed by atoms with Crippen LogP contribution in [-0.4, -0.2) is 14.6 Å².